The van der Waals surface area contributed by atoms with Crippen molar-refractivity contribution < 1.29 is 23.8 Å². The monoisotopic (exact) mass is 391 g/mol. The fourth-order valence-electron chi connectivity index (χ4n) is 4.19. The number of carbonyl (C=O) groups is 2. The Hall–Kier alpha value is -3.41. The lowest BCUT2D eigenvalue weighted by Gasteiger charge is -2.30. The number of ketones is 1. The second-order valence-corrected chi connectivity index (χ2v) is 6.98. The highest BCUT2D eigenvalue weighted by molar-refractivity contribution is 6.24. The predicted octanol–water partition coefficient (Wildman–Crippen LogP) is 3.66. The minimum absolute atomic E-state index is 0.111. The number of hydrogen-bond donors (Lipinski definition) is 0. The van der Waals surface area contributed by atoms with E-state index in [4.69, 9.17) is 14.2 Å². The number of rotatable bonds is 4. The van der Waals surface area contributed by atoms with Gasteiger partial charge < -0.3 is 14.2 Å². The number of fused-ring (bicyclic) bond motifs is 2. The van der Waals surface area contributed by atoms with Crippen LogP contribution in [-0.4, -0.2) is 38.8 Å². The molecule has 0 bridgehead atoms. The fraction of sp³-hybridized carbons (Fsp3) is 0.261. The summed E-state index contributed by atoms with van der Waals surface area (Å²) in [6.07, 6.45) is 0. The molecule has 2 aliphatic rings. The second kappa shape index (κ2) is 7.20. The molecule has 6 nitrogen and oxygen atoms in total. The summed E-state index contributed by atoms with van der Waals surface area (Å²) in [5, 5.41) is 0. The molecule has 0 spiro atoms. The number of aliphatic imine (C=N–C) groups is 1. The summed E-state index contributed by atoms with van der Waals surface area (Å²) in [7, 11) is 4.45. The van der Waals surface area contributed by atoms with Gasteiger partial charge >= 0.3 is 5.97 Å². The van der Waals surface area contributed by atoms with Crippen LogP contribution in [0.5, 0.6) is 11.5 Å². The third-order valence-electron chi connectivity index (χ3n) is 5.53. The third kappa shape index (κ3) is 2.83. The highest BCUT2D eigenvalue weighted by Crippen LogP contribution is 2.49. The van der Waals surface area contributed by atoms with Gasteiger partial charge in [0.2, 0.25) is 0 Å². The van der Waals surface area contributed by atoms with Gasteiger partial charge in [0.05, 0.1) is 27.0 Å². The van der Waals surface area contributed by atoms with E-state index in [0.29, 0.717) is 34.0 Å². The van der Waals surface area contributed by atoms with Crippen molar-refractivity contribution in [1.29, 1.82) is 0 Å². The lowest BCUT2D eigenvalue weighted by molar-refractivity contribution is -0.143. The first kappa shape index (κ1) is 18.9. The molecule has 6 heteroatoms. The highest BCUT2D eigenvalue weighted by Gasteiger charge is 2.46. The average molecular weight is 391 g/mol. The van der Waals surface area contributed by atoms with Crippen LogP contribution in [0, 0.1) is 5.92 Å². The van der Waals surface area contributed by atoms with Crippen molar-refractivity contribution in [3.8, 4) is 11.5 Å². The van der Waals surface area contributed by atoms with Crippen molar-refractivity contribution in [1.82, 2.24) is 0 Å². The van der Waals surface area contributed by atoms with Crippen LogP contribution in [0.25, 0.3) is 5.70 Å². The number of nitrogens with zero attached hydrogens (tertiary/aromatic N) is 1. The third-order valence-corrected chi connectivity index (χ3v) is 5.53. The SMILES string of the molecule is COC(=O)C1C(C)=NC2=C(C(=O)c3ccccc32)[C@@H]1c1ccc(OC)c(OC)c1. The van der Waals surface area contributed by atoms with Gasteiger partial charge in [-0.05, 0) is 24.6 Å². The van der Waals surface area contributed by atoms with Crippen molar-refractivity contribution in [3.63, 3.8) is 0 Å². The van der Waals surface area contributed by atoms with E-state index < -0.39 is 17.8 Å². The van der Waals surface area contributed by atoms with E-state index in [1.807, 2.05) is 24.3 Å². The van der Waals surface area contributed by atoms with Crippen LogP contribution in [0.4, 0.5) is 0 Å². The number of methoxy groups -OCH3 is 3. The van der Waals surface area contributed by atoms with Gasteiger partial charge in [0.25, 0.3) is 0 Å². The molecular weight excluding hydrogens is 370 g/mol. The summed E-state index contributed by atoms with van der Waals surface area (Å²) in [6.45, 7) is 1.80. The first-order valence-electron chi connectivity index (χ1n) is 9.25. The predicted molar refractivity (Wildman–Crippen MR) is 109 cm³/mol. The summed E-state index contributed by atoms with van der Waals surface area (Å²) in [5.41, 5.74) is 3.91. The molecule has 0 fully saturated rings. The molecule has 1 aliphatic heterocycles. The van der Waals surface area contributed by atoms with E-state index in [0.717, 1.165) is 11.1 Å². The van der Waals surface area contributed by atoms with Crippen molar-refractivity contribution in [2.45, 2.75) is 12.8 Å². The van der Waals surface area contributed by atoms with E-state index in [2.05, 4.69) is 4.99 Å². The maximum absolute atomic E-state index is 13.3. The topological polar surface area (TPSA) is 74.2 Å². The molecule has 1 heterocycles. The number of benzene rings is 2. The maximum Gasteiger partial charge on any atom is 0.315 e. The summed E-state index contributed by atoms with van der Waals surface area (Å²) in [6, 6.07) is 12.8. The molecule has 0 radical (unpaired) electrons. The number of Topliss-reactive ketones (excluding diaryl/α,β-unsaturated/α-hetero) is 1. The molecule has 0 saturated carbocycles. The highest BCUT2D eigenvalue weighted by atomic mass is 16.5. The Kier molecular flexibility index (Phi) is 4.70. The van der Waals surface area contributed by atoms with E-state index in [-0.39, 0.29) is 5.78 Å². The quantitative estimate of drug-likeness (QED) is 0.744. The first-order chi connectivity index (χ1) is 14.0. The van der Waals surface area contributed by atoms with Crippen molar-refractivity contribution in [2.75, 3.05) is 21.3 Å². The average Bonchev–Trinajstić information content (AvgIpc) is 3.03. The number of allylic oxidation sites excluding steroid dienone is 1. The summed E-state index contributed by atoms with van der Waals surface area (Å²) >= 11 is 0. The van der Waals surface area contributed by atoms with E-state index in [9.17, 15) is 9.59 Å². The van der Waals surface area contributed by atoms with Crippen LogP contribution in [-0.2, 0) is 9.53 Å². The lowest BCUT2D eigenvalue weighted by Crippen LogP contribution is -2.34. The standard InChI is InChI=1S/C23H21NO5/c1-12-18(23(26)29-4)19(13-9-10-16(27-2)17(11-13)28-3)20-21(24-12)14-7-5-6-8-15(14)22(20)25/h5-11,18-19H,1-4H3/t18?,19-/m1/s1. The lowest BCUT2D eigenvalue weighted by atomic mass is 9.75. The fourth-order valence-corrected chi connectivity index (χ4v) is 4.19. The second-order valence-electron chi connectivity index (χ2n) is 6.98. The Labute approximate surface area is 168 Å². The van der Waals surface area contributed by atoms with Gasteiger partial charge in [-0.3, -0.25) is 14.6 Å². The first-order valence-corrected chi connectivity index (χ1v) is 9.25. The molecule has 2 aromatic rings. The molecular formula is C23H21NO5. The molecule has 2 atom stereocenters. The Bertz CT molecular complexity index is 1080. The number of ether oxygens (including phenoxy) is 3. The largest absolute Gasteiger partial charge is 0.493 e. The van der Waals surface area contributed by atoms with Gasteiger partial charge in [-0.15, -0.1) is 0 Å². The molecule has 1 aliphatic carbocycles. The molecule has 0 saturated heterocycles. The van der Waals surface area contributed by atoms with Crippen LogP contribution in [0.3, 0.4) is 0 Å². The van der Waals surface area contributed by atoms with Crippen molar-refractivity contribution >= 4 is 23.2 Å². The Morgan fingerprint density at radius 2 is 1.66 bits per heavy atom. The molecule has 148 valence electrons. The molecule has 0 amide bonds. The van der Waals surface area contributed by atoms with Crippen molar-refractivity contribution in [2.24, 2.45) is 10.9 Å². The minimum atomic E-state index is -0.699. The van der Waals surface area contributed by atoms with Crippen LogP contribution >= 0.6 is 0 Å². The Morgan fingerprint density at radius 1 is 0.966 bits per heavy atom. The summed E-state index contributed by atoms with van der Waals surface area (Å²) < 4.78 is 15.8. The van der Waals surface area contributed by atoms with Crippen LogP contribution in [0.1, 0.15) is 34.3 Å². The van der Waals surface area contributed by atoms with E-state index in [1.165, 1.54) is 7.11 Å². The van der Waals surface area contributed by atoms with Gasteiger partial charge in [-0.1, -0.05) is 30.3 Å². The van der Waals surface area contributed by atoms with Gasteiger partial charge in [0, 0.05) is 28.3 Å². The number of carbonyl (C=O) groups excluding carboxylic acids is 2. The van der Waals surface area contributed by atoms with Gasteiger partial charge in [0.15, 0.2) is 17.3 Å². The summed E-state index contributed by atoms with van der Waals surface area (Å²) in [5.74, 6) is -0.673. The van der Waals surface area contributed by atoms with Gasteiger partial charge in [-0.25, -0.2) is 0 Å². The normalized spacial score (nSPS) is 20.0. The maximum atomic E-state index is 13.3. The zero-order chi connectivity index (χ0) is 20.7. The van der Waals surface area contributed by atoms with Crippen LogP contribution < -0.4 is 9.47 Å². The molecule has 1 unspecified atom stereocenters. The molecule has 0 aromatic heterocycles. The Morgan fingerprint density at radius 3 is 2.31 bits per heavy atom. The minimum Gasteiger partial charge on any atom is -0.493 e. The Balaban J connectivity index is 1.95. The molecule has 2 aromatic carbocycles. The summed E-state index contributed by atoms with van der Waals surface area (Å²) in [4.78, 5) is 30.7. The van der Waals surface area contributed by atoms with Gasteiger partial charge in [0.1, 0.15) is 5.92 Å². The number of esters is 1. The smallest absolute Gasteiger partial charge is 0.315 e. The van der Waals surface area contributed by atoms with E-state index in [1.54, 1.807) is 39.3 Å². The zero-order valence-corrected chi connectivity index (χ0v) is 16.7. The van der Waals surface area contributed by atoms with Crippen molar-refractivity contribution in [3.05, 3.63) is 64.7 Å². The van der Waals surface area contributed by atoms with Gasteiger partial charge in [-0.2, -0.15) is 0 Å². The van der Waals surface area contributed by atoms with Crippen LogP contribution in [0.2, 0.25) is 0 Å². The molecule has 29 heavy (non-hydrogen) atoms. The molecule has 4 rings (SSSR count). The zero-order valence-electron chi connectivity index (χ0n) is 16.7. The van der Waals surface area contributed by atoms with E-state index >= 15 is 0 Å². The number of hydrogen-bond acceptors (Lipinski definition) is 6. The molecule has 0 N–H and O–H groups in total. The van der Waals surface area contributed by atoms with Crippen LogP contribution in [0.15, 0.2) is 53.0 Å².